The lowest BCUT2D eigenvalue weighted by Gasteiger charge is -2.35. The van der Waals surface area contributed by atoms with E-state index in [1.807, 2.05) is 11.0 Å². The number of nitrogens with two attached hydrogens (primary N) is 1. The molecule has 2 fully saturated rings. The van der Waals surface area contributed by atoms with E-state index in [2.05, 4.69) is 25.9 Å². The van der Waals surface area contributed by atoms with Crippen LogP contribution in [0.2, 0.25) is 0 Å². The normalized spacial score (nSPS) is 21.0. The largest absolute Gasteiger partial charge is 0.336 e. The van der Waals surface area contributed by atoms with Crippen molar-refractivity contribution in [1.82, 2.24) is 15.0 Å². The molecule has 2 N–H and O–H groups in total. The molecule has 1 unspecified atom stereocenters. The minimum absolute atomic E-state index is 0.0458. The Morgan fingerprint density at radius 2 is 2.07 bits per heavy atom. The van der Waals surface area contributed by atoms with Gasteiger partial charge in [-0.3, -0.25) is 4.79 Å². The number of aromatic nitrogens is 2. The summed E-state index contributed by atoms with van der Waals surface area (Å²) in [4.78, 5) is 20.2. The van der Waals surface area contributed by atoms with E-state index < -0.39 is 0 Å². The van der Waals surface area contributed by atoms with Crippen LogP contribution < -0.4 is 5.73 Å². The van der Waals surface area contributed by atoms with Gasteiger partial charge in [-0.1, -0.05) is 25.9 Å². The molecule has 4 rings (SSSR count). The maximum atomic E-state index is 13.6. The number of piperidine rings is 1. The third-order valence-electron chi connectivity index (χ3n) is 5.62. The van der Waals surface area contributed by atoms with Gasteiger partial charge in [0.25, 0.3) is 11.6 Å². The van der Waals surface area contributed by atoms with Crippen LogP contribution in [0.5, 0.6) is 0 Å². The second-order valence-electron chi connectivity index (χ2n) is 9.30. The summed E-state index contributed by atoms with van der Waals surface area (Å²) in [6, 6.07) is 2.11. The summed E-state index contributed by atoms with van der Waals surface area (Å²) in [5, 5.41) is 5.09. The lowest BCUT2D eigenvalue weighted by Crippen LogP contribution is -2.47. The van der Waals surface area contributed by atoms with Gasteiger partial charge in [-0.15, -0.1) is 0 Å². The van der Waals surface area contributed by atoms with Crippen LogP contribution >= 0.6 is 0 Å². The molecule has 1 atom stereocenters. The van der Waals surface area contributed by atoms with Crippen molar-refractivity contribution in [3.8, 4) is 0 Å². The molecule has 3 heterocycles. The van der Waals surface area contributed by atoms with E-state index in [0.717, 1.165) is 61.8 Å². The lowest BCUT2D eigenvalue weighted by molar-refractivity contribution is 0.0625. The van der Waals surface area contributed by atoms with E-state index in [1.54, 1.807) is 0 Å². The molecule has 1 aliphatic heterocycles. The zero-order valence-electron chi connectivity index (χ0n) is 16.6. The minimum atomic E-state index is 0.0458. The Hall–Kier alpha value is -1.95. The smallest absolute Gasteiger partial charge is 0.259 e. The molecule has 146 valence electrons. The lowest BCUT2D eigenvalue weighted by atomic mass is 9.89. The second-order valence-corrected chi connectivity index (χ2v) is 9.30. The summed E-state index contributed by atoms with van der Waals surface area (Å²) >= 11 is 0. The SMILES string of the molecule is CC(C)(C)Cc1noc2nc(C3CC3)cc(C(=O)N3CCCCC3CN)c12. The number of pyridine rings is 1. The molecular formula is C21H30N4O2. The molecule has 0 radical (unpaired) electrons. The van der Waals surface area contributed by atoms with E-state index in [0.29, 0.717) is 23.7 Å². The number of carbonyl (C=O) groups excluding carboxylic acids is 1. The van der Waals surface area contributed by atoms with Crippen molar-refractivity contribution >= 4 is 17.0 Å². The molecule has 0 aromatic carbocycles. The van der Waals surface area contributed by atoms with Crippen molar-refractivity contribution in [3.63, 3.8) is 0 Å². The van der Waals surface area contributed by atoms with Crippen LogP contribution in [0.3, 0.4) is 0 Å². The number of likely N-dealkylation sites (tertiary alicyclic amines) is 1. The summed E-state index contributed by atoms with van der Waals surface area (Å²) in [6.07, 6.45) is 6.14. The number of hydrogen-bond donors (Lipinski definition) is 1. The van der Waals surface area contributed by atoms with Crippen LogP contribution in [0.1, 0.15) is 80.5 Å². The zero-order chi connectivity index (χ0) is 19.2. The van der Waals surface area contributed by atoms with E-state index in [9.17, 15) is 4.79 Å². The molecule has 1 saturated heterocycles. The number of hydrogen-bond acceptors (Lipinski definition) is 5. The highest BCUT2D eigenvalue weighted by Crippen LogP contribution is 2.41. The van der Waals surface area contributed by atoms with Crippen LogP contribution in [0.4, 0.5) is 0 Å². The summed E-state index contributed by atoms with van der Waals surface area (Å²) in [5.74, 6) is 0.501. The summed E-state index contributed by atoms with van der Waals surface area (Å²) in [7, 11) is 0. The first-order valence-corrected chi connectivity index (χ1v) is 10.2. The van der Waals surface area contributed by atoms with Crippen molar-refractivity contribution in [3.05, 3.63) is 23.0 Å². The quantitative estimate of drug-likeness (QED) is 0.888. The highest BCUT2D eigenvalue weighted by atomic mass is 16.5. The van der Waals surface area contributed by atoms with E-state index in [4.69, 9.17) is 15.2 Å². The fourth-order valence-electron chi connectivity index (χ4n) is 4.08. The van der Waals surface area contributed by atoms with Crippen LogP contribution in [-0.4, -0.2) is 40.1 Å². The molecular weight excluding hydrogens is 340 g/mol. The molecule has 1 aliphatic carbocycles. The molecule has 27 heavy (non-hydrogen) atoms. The fourth-order valence-corrected chi connectivity index (χ4v) is 4.08. The van der Waals surface area contributed by atoms with Gasteiger partial charge in [-0.05, 0) is 50.0 Å². The number of rotatable bonds is 4. The van der Waals surface area contributed by atoms with E-state index >= 15 is 0 Å². The van der Waals surface area contributed by atoms with Gasteiger partial charge >= 0.3 is 0 Å². The topological polar surface area (TPSA) is 85.2 Å². The van der Waals surface area contributed by atoms with Gasteiger partial charge in [-0.2, -0.15) is 0 Å². The van der Waals surface area contributed by atoms with Gasteiger partial charge < -0.3 is 15.2 Å². The molecule has 1 saturated carbocycles. The average Bonchev–Trinajstić information content (AvgIpc) is 3.42. The third kappa shape index (κ3) is 3.72. The standard InChI is InChI=1S/C21H30N4O2/c1-21(2,3)11-17-18-15(20(26)25-9-5-4-6-14(25)12-22)10-16(13-7-8-13)23-19(18)27-24-17/h10,13-14H,4-9,11-12,22H2,1-3H3. The van der Waals surface area contributed by atoms with Crippen LogP contribution in [-0.2, 0) is 6.42 Å². The van der Waals surface area contributed by atoms with Crippen LogP contribution in [0, 0.1) is 5.41 Å². The number of nitrogens with zero attached hydrogens (tertiary/aromatic N) is 3. The predicted octanol–water partition coefficient (Wildman–Crippen LogP) is 3.64. The van der Waals surface area contributed by atoms with Crippen molar-refractivity contribution in [2.45, 2.75) is 71.3 Å². The second kappa shape index (κ2) is 6.89. The predicted molar refractivity (Wildman–Crippen MR) is 105 cm³/mol. The van der Waals surface area contributed by atoms with Gasteiger partial charge in [-0.25, -0.2) is 4.98 Å². The minimum Gasteiger partial charge on any atom is -0.336 e. The Bertz CT molecular complexity index is 848. The zero-order valence-corrected chi connectivity index (χ0v) is 16.6. The molecule has 1 amide bonds. The molecule has 0 spiro atoms. The summed E-state index contributed by atoms with van der Waals surface area (Å²) in [5.41, 5.74) is 9.01. The fraction of sp³-hybridized carbons (Fsp3) is 0.667. The number of fused-ring (bicyclic) bond motifs is 1. The average molecular weight is 370 g/mol. The van der Waals surface area contributed by atoms with Crippen molar-refractivity contribution < 1.29 is 9.32 Å². The van der Waals surface area contributed by atoms with Gasteiger partial charge in [0.2, 0.25) is 0 Å². The Morgan fingerprint density at radius 3 is 2.74 bits per heavy atom. The third-order valence-corrected chi connectivity index (χ3v) is 5.62. The first-order chi connectivity index (χ1) is 12.9. The van der Waals surface area contributed by atoms with E-state index in [-0.39, 0.29) is 17.4 Å². The van der Waals surface area contributed by atoms with Crippen molar-refractivity contribution in [2.24, 2.45) is 11.1 Å². The maximum absolute atomic E-state index is 13.6. The Labute approximate surface area is 160 Å². The first-order valence-electron chi connectivity index (χ1n) is 10.2. The maximum Gasteiger partial charge on any atom is 0.259 e. The van der Waals surface area contributed by atoms with Gasteiger partial charge in [0.1, 0.15) is 0 Å². The molecule has 0 bridgehead atoms. The van der Waals surface area contributed by atoms with Crippen LogP contribution in [0.25, 0.3) is 11.1 Å². The molecule has 2 aliphatic rings. The van der Waals surface area contributed by atoms with Gasteiger partial charge in [0, 0.05) is 30.7 Å². The highest BCUT2D eigenvalue weighted by molar-refractivity contribution is 6.06. The molecule has 6 heteroatoms. The Kier molecular flexibility index (Phi) is 4.70. The van der Waals surface area contributed by atoms with Gasteiger partial charge in [0.15, 0.2) is 0 Å². The van der Waals surface area contributed by atoms with Crippen molar-refractivity contribution in [2.75, 3.05) is 13.1 Å². The monoisotopic (exact) mass is 370 g/mol. The molecule has 2 aromatic rings. The molecule has 2 aromatic heterocycles. The first kappa shape index (κ1) is 18.4. The number of carbonyl (C=O) groups is 1. The Balaban J connectivity index is 1.81. The van der Waals surface area contributed by atoms with E-state index in [1.165, 1.54) is 0 Å². The van der Waals surface area contributed by atoms with Crippen LogP contribution in [0.15, 0.2) is 10.6 Å². The summed E-state index contributed by atoms with van der Waals surface area (Å²) < 4.78 is 5.59. The Morgan fingerprint density at radius 1 is 1.30 bits per heavy atom. The van der Waals surface area contributed by atoms with Crippen molar-refractivity contribution in [1.29, 1.82) is 0 Å². The number of amides is 1. The van der Waals surface area contributed by atoms with Gasteiger partial charge in [0.05, 0.1) is 16.6 Å². The summed E-state index contributed by atoms with van der Waals surface area (Å²) in [6.45, 7) is 7.76. The molecule has 6 nitrogen and oxygen atoms in total. The highest BCUT2D eigenvalue weighted by Gasteiger charge is 2.33.